The summed E-state index contributed by atoms with van der Waals surface area (Å²) >= 11 is 6.34. The second kappa shape index (κ2) is 18.3. The number of hydrogen-bond acceptors (Lipinski definition) is 7. The molecule has 260 valence electrons. The molecule has 5 aromatic carbocycles. The minimum atomic E-state index is -4.44. The van der Waals surface area contributed by atoms with Crippen LogP contribution in [-0.2, 0) is 22.5 Å². The Morgan fingerprint density at radius 2 is 1.20 bits per heavy atom. The van der Waals surface area contributed by atoms with Crippen molar-refractivity contribution < 1.29 is 33.1 Å². The molecule has 0 aliphatic heterocycles. The number of halogens is 1. The Balaban J connectivity index is 1.29. The molecule has 0 radical (unpaired) electrons. The van der Waals surface area contributed by atoms with Gasteiger partial charge in [0, 0.05) is 7.05 Å². The molecule has 0 aliphatic carbocycles. The summed E-state index contributed by atoms with van der Waals surface area (Å²) < 4.78 is 22.2. The molecule has 1 amide bonds. The summed E-state index contributed by atoms with van der Waals surface area (Å²) in [5, 5.41) is 0. The number of allylic oxidation sites excluding steroid dienone is 1. The van der Waals surface area contributed by atoms with Gasteiger partial charge in [-0.15, -0.1) is 0 Å². The van der Waals surface area contributed by atoms with Crippen molar-refractivity contribution in [2.75, 3.05) is 26.1 Å². The van der Waals surface area contributed by atoms with Gasteiger partial charge in [-0.3, -0.25) is 0 Å². The molecule has 0 fully saturated rings. The van der Waals surface area contributed by atoms with E-state index in [1.54, 1.807) is 19.2 Å². The van der Waals surface area contributed by atoms with Gasteiger partial charge < -0.3 is 9.64 Å². The Hall–Kier alpha value is -4.69. The van der Waals surface area contributed by atoms with Gasteiger partial charge in [-0.05, 0) is 5.56 Å². The van der Waals surface area contributed by atoms with Crippen molar-refractivity contribution in [3.63, 3.8) is 0 Å². The van der Waals surface area contributed by atoms with Crippen LogP contribution in [0, 0.1) is 0 Å². The SMILES string of the molecule is CN(CCOc1ccc(/C(=C(/CCCl)c2ccccc2)c2ccc(O[PH](O)(O)OCc3ccccc3)cc2)cc1)C(=O)OCc1ccccc1. The average Bonchev–Trinajstić information content (AvgIpc) is 3.15. The van der Waals surface area contributed by atoms with Crippen LogP contribution >= 0.6 is 19.8 Å². The molecule has 2 N–H and O–H groups in total. The number of nitrogens with zero attached hydrogens (tertiary/aromatic N) is 1. The number of rotatable bonds is 16. The second-order valence-electron chi connectivity index (χ2n) is 11.4. The molecule has 10 heteroatoms. The van der Waals surface area contributed by atoms with Crippen LogP contribution in [0.4, 0.5) is 4.79 Å². The Morgan fingerprint density at radius 1 is 0.680 bits per heavy atom. The Labute approximate surface area is 298 Å². The molecular formula is C40H41ClNO7P. The Morgan fingerprint density at radius 3 is 1.76 bits per heavy atom. The smallest absolute Gasteiger partial charge is 0.409 e. The molecule has 0 saturated heterocycles. The van der Waals surface area contributed by atoms with Crippen LogP contribution in [0.15, 0.2) is 140 Å². The van der Waals surface area contributed by atoms with Crippen LogP contribution in [0.3, 0.4) is 0 Å². The summed E-state index contributed by atoms with van der Waals surface area (Å²) in [7, 11) is -2.77. The Bertz CT molecular complexity index is 1800. The van der Waals surface area contributed by atoms with E-state index in [0.717, 1.165) is 39.0 Å². The molecule has 0 unspecified atom stereocenters. The molecule has 5 aromatic rings. The van der Waals surface area contributed by atoms with E-state index in [1.807, 2.05) is 115 Å². The minimum Gasteiger partial charge on any atom is -0.445 e. The first-order valence-electron chi connectivity index (χ1n) is 16.2. The zero-order valence-electron chi connectivity index (χ0n) is 27.8. The summed E-state index contributed by atoms with van der Waals surface area (Å²) in [6, 6.07) is 43.8. The molecule has 0 heterocycles. The fraction of sp³-hybridized carbons (Fsp3) is 0.175. The number of ether oxygens (including phenoxy) is 2. The largest absolute Gasteiger partial charge is 0.445 e. The number of benzene rings is 5. The zero-order valence-corrected chi connectivity index (χ0v) is 29.5. The van der Waals surface area contributed by atoms with Crippen LogP contribution in [0.2, 0.25) is 0 Å². The zero-order chi connectivity index (χ0) is 35.2. The molecule has 5 rings (SSSR count). The standard InChI is InChI=1S/C40H41ClNO7P/c1-42(40(43)47-29-31-11-5-2-6-12-31)27-28-46-36-21-17-34(18-22-36)39(38(25-26-41)33-15-9-4-10-16-33)35-19-23-37(24-20-35)49-50(44,45)48-30-32-13-7-3-8-14-32/h2-24,44-45,50H,25-30H2,1H3/b39-38+. The van der Waals surface area contributed by atoms with Crippen molar-refractivity contribution in [2.45, 2.75) is 19.6 Å². The van der Waals surface area contributed by atoms with Crippen LogP contribution in [-0.4, -0.2) is 46.9 Å². The van der Waals surface area contributed by atoms with E-state index >= 15 is 0 Å². The topological polar surface area (TPSA) is 97.7 Å². The first-order chi connectivity index (χ1) is 24.3. The van der Waals surface area contributed by atoms with Crippen molar-refractivity contribution in [1.82, 2.24) is 4.90 Å². The number of likely N-dealkylation sites (N-methyl/N-ethyl adjacent to an activating group) is 1. The van der Waals surface area contributed by atoms with Crippen LogP contribution < -0.4 is 9.26 Å². The van der Waals surface area contributed by atoms with E-state index in [0.29, 0.717) is 24.6 Å². The molecular weight excluding hydrogens is 673 g/mol. The number of carbonyl (C=O) groups excluding carboxylic acids is 1. The van der Waals surface area contributed by atoms with Gasteiger partial charge >= 0.3 is 229 Å². The van der Waals surface area contributed by atoms with Gasteiger partial charge in [0.15, 0.2) is 0 Å². The third-order valence-corrected chi connectivity index (χ3v) is 9.00. The molecule has 50 heavy (non-hydrogen) atoms. The fourth-order valence-corrected chi connectivity index (χ4v) is 6.27. The third-order valence-electron chi connectivity index (χ3n) is 7.79. The predicted molar refractivity (Wildman–Crippen MR) is 200 cm³/mol. The molecule has 8 nitrogen and oxygen atoms in total. The van der Waals surface area contributed by atoms with Gasteiger partial charge in [-0.25, -0.2) is 4.79 Å². The van der Waals surface area contributed by atoms with Gasteiger partial charge in [0.2, 0.25) is 0 Å². The van der Waals surface area contributed by atoms with E-state index < -0.39 is 14.3 Å². The molecule has 0 aromatic heterocycles. The van der Waals surface area contributed by atoms with E-state index in [9.17, 15) is 14.6 Å². The normalized spacial score (nSPS) is 12.1. The summed E-state index contributed by atoms with van der Waals surface area (Å²) in [5.74, 6) is 1.34. The summed E-state index contributed by atoms with van der Waals surface area (Å²) in [5.41, 5.74) is 6.61. The van der Waals surface area contributed by atoms with Crippen molar-refractivity contribution in [3.8, 4) is 11.5 Å². The Kier molecular flexibility index (Phi) is 13.4. The quantitative estimate of drug-likeness (QED) is 0.0599. The number of carbonyl (C=O) groups is 1. The second-order valence-corrected chi connectivity index (χ2v) is 13.4. The minimum absolute atomic E-state index is 0.0155. The van der Waals surface area contributed by atoms with Crippen LogP contribution in [0.25, 0.3) is 11.1 Å². The van der Waals surface area contributed by atoms with Crippen LogP contribution in [0.1, 0.15) is 34.2 Å². The molecule has 0 aliphatic rings. The van der Waals surface area contributed by atoms with Crippen molar-refractivity contribution in [2.24, 2.45) is 0 Å². The van der Waals surface area contributed by atoms with Gasteiger partial charge in [0.25, 0.3) is 0 Å². The van der Waals surface area contributed by atoms with E-state index in [4.69, 9.17) is 30.1 Å². The molecule has 0 bridgehead atoms. The van der Waals surface area contributed by atoms with E-state index in [-0.39, 0.29) is 25.6 Å². The maximum absolute atomic E-state index is 12.4. The van der Waals surface area contributed by atoms with E-state index in [2.05, 4.69) is 12.1 Å². The predicted octanol–water partition coefficient (Wildman–Crippen LogP) is 8.91. The number of alkyl halides is 1. The van der Waals surface area contributed by atoms with Crippen molar-refractivity contribution >= 4 is 37.0 Å². The fourth-order valence-electron chi connectivity index (χ4n) is 5.23. The van der Waals surface area contributed by atoms with Gasteiger partial charge in [0.05, 0.1) is 6.54 Å². The van der Waals surface area contributed by atoms with Gasteiger partial charge in [-0.1, -0.05) is 30.3 Å². The van der Waals surface area contributed by atoms with Gasteiger partial charge in [0.1, 0.15) is 6.61 Å². The number of amides is 1. The van der Waals surface area contributed by atoms with Crippen molar-refractivity contribution in [1.29, 1.82) is 0 Å². The first-order valence-corrected chi connectivity index (χ1v) is 18.5. The summed E-state index contributed by atoms with van der Waals surface area (Å²) in [4.78, 5) is 34.9. The maximum atomic E-state index is 12.4. The summed E-state index contributed by atoms with van der Waals surface area (Å²) in [6.07, 6.45) is 0.193. The third kappa shape index (κ3) is 10.9. The van der Waals surface area contributed by atoms with E-state index in [1.165, 1.54) is 4.90 Å². The molecule has 0 saturated carbocycles. The number of hydrogen-bond donors (Lipinski definition) is 2. The maximum Gasteiger partial charge on any atom is 0.409 e. The average molecular weight is 714 g/mol. The molecule has 0 atom stereocenters. The van der Waals surface area contributed by atoms with Crippen molar-refractivity contribution in [3.05, 3.63) is 167 Å². The molecule has 0 spiro atoms. The first kappa shape index (κ1) is 36.6. The summed E-state index contributed by atoms with van der Waals surface area (Å²) in [6.45, 7) is 0.867. The van der Waals surface area contributed by atoms with Crippen LogP contribution in [0.5, 0.6) is 11.5 Å². The monoisotopic (exact) mass is 713 g/mol. The van der Waals surface area contributed by atoms with Gasteiger partial charge in [-0.2, -0.15) is 0 Å².